The number of carbonyl (C=O) groups excluding carboxylic acids is 1. The van der Waals surface area contributed by atoms with Crippen LogP contribution in [0.3, 0.4) is 0 Å². The number of nitrogens with zero attached hydrogens (tertiary/aromatic N) is 1. The first-order valence-corrected chi connectivity index (χ1v) is 31.5. The van der Waals surface area contributed by atoms with Gasteiger partial charge in [0.15, 0.2) is 41.6 Å². The number of oxime groups is 1. The van der Waals surface area contributed by atoms with Crippen molar-refractivity contribution in [2.45, 2.75) is 123 Å². The Morgan fingerprint density at radius 1 is 0.659 bits per heavy atom. The van der Waals surface area contributed by atoms with E-state index in [4.69, 9.17) is 27.0 Å². The normalized spacial score (nSPS) is 16.9. The Bertz CT molecular complexity index is 962. The molecule has 0 amide bonds. The van der Waals surface area contributed by atoms with Gasteiger partial charge in [-0.05, 0) is 110 Å². The van der Waals surface area contributed by atoms with Crippen molar-refractivity contribution in [2.24, 2.45) is 5.16 Å². The van der Waals surface area contributed by atoms with Gasteiger partial charge in [0, 0.05) is 0 Å². The van der Waals surface area contributed by atoms with Crippen LogP contribution >= 0.6 is 0 Å². The summed E-state index contributed by atoms with van der Waals surface area (Å²) in [5.74, 6) is -0.533. The Kier molecular flexibility index (Phi) is 14.3. The fourth-order valence-corrected chi connectivity index (χ4v) is 8.80. The average Bonchev–Trinajstić information content (AvgIpc) is 2.75. The zero-order valence-electron chi connectivity index (χ0n) is 28.3. The molecule has 0 unspecified atom stereocenters. The molecule has 41 heavy (non-hydrogen) atoms. The third kappa shape index (κ3) is 17.8. The fourth-order valence-electron chi connectivity index (χ4n) is 3.83. The summed E-state index contributed by atoms with van der Waals surface area (Å²) in [4.78, 5) is 17.9. The van der Waals surface area contributed by atoms with Gasteiger partial charge < -0.3 is 27.0 Å². The quantitative estimate of drug-likeness (QED) is 0.0739. The Morgan fingerprint density at radius 2 is 1.12 bits per heavy atom. The third-order valence-corrected chi connectivity index (χ3v) is 10.0. The fraction of sp³-hybridized carbons (Fsp3) is 0.714. The van der Waals surface area contributed by atoms with Crippen molar-refractivity contribution in [1.82, 2.24) is 0 Å². The molecule has 1 rings (SSSR count). The van der Waals surface area contributed by atoms with Crippen molar-refractivity contribution in [3.05, 3.63) is 35.9 Å². The molecule has 0 saturated heterocycles. The van der Waals surface area contributed by atoms with Gasteiger partial charge in [0.2, 0.25) is 0 Å². The molecule has 0 aliphatic heterocycles. The van der Waals surface area contributed by atoms with Crippen LogP contribution in [0.5, 0.6) is 0 Å². The van der Waals surface area contributed by atoms with Gasteiger partial charge in [0.25, 0.3) is 0 Å². The standard InChI is InChI=1S/C28H57NO7Si5/c1-37(2,3)31-22-25(34-39(7,8)9)27(36-41(13,14)15)26(35-40(10,11)12)24(33-38(4,5)6)21-29-32-28(30)23-19-17-16-18-20-23/h16-21,24-27H,22H2,1-15H3/b29-21+/t24-,25+,26+,27-/m1/s1. The highest BCUT2D eigenvalue weighted by Gasteiger charge is 2.44. The minimum atomic E-state index is -2.15. The highest BCUT2D eigenvalue weighted by molar-refractivity contribution is 6.71. The first-order chi connectivity index (χ1) is 18.4. The number of rotatable bonds is 17. The van der Waals surface area contributed by atoms with Crippen molar-refractivity contribution in [2.75, 3.05) is 6.61 Å². The van der Waals surface area contributed by atoms with E-state index in [2.05, 4.69) is 103 Å². The summed E-state index contributed by atoms with van der Waals surface area (Å²) in [5, 5.41) is 4.14. The zero-order valence-corrected chi connectivity index (χ0v) is 33.3. The summed E-state index contributed by atoms with van der Waals surface area (Å²) in [5.41, 5.74) is 0.425. The molecule has 0 N–H and O–H groups in total. The Morgan fingerprint density at radius 3 is 1.56 bits per heavy atom. The van der Waals surface area contributed by atoms with Gasteiger partial charge in [-0.15, -0.1) is 0 Å². The third-order valence-electron chi connectivity index (χ3n) is 5.02. The van der Waals surface area contributed by atoms with Crippen molar-refractivity contribution < 1.29 is 31.8 Å². The van der Waals surface area contributed by atoms with Gasteiger partial charge >= 0.3 is 5.97 Å². The Hall–Kier alpha value is -0.756. The minimum Gasteiger partial charge on any atom is -0.415 e. The summed E-state index contributed by atoms with van der Waals surface area (Å²) in [6.45, 7) is 32.8. The summed E-state index contributed by atoms with van der Waals surface area (Å²) in [6, 6.07) is 8.81. The largest absolute Gasteiger partial charge is 0.415 e. The van der Waals surface area contributed by atoms with Crippen LogP contribution < -0.4 is 0 Å². The lowest BCUT2D eigenvalue weighted by molar-refractivity contribution is -0.0732. The predicted octanol–water partition coefficient (Wildman–Crippen LogP) is 7.56. The van der Waals surface area contributed by atoms with Gasteiger partial charge in [0.1, 0.15) is 12.2 Å². The van der Waals surface area contributed by atoms with E-state index >= 15 is 0 Å². The van der Waals surface area contributed by atoms with E-state index in [0.717, 1.165) is 0 Å². The molecule has 13 heteroatoms. The molecular weight excluding hydrogens is 603 g/mol. The highest BCUT2D eigenvalue weighted by atomic mass is 28.4. The van der Waals surface area contributed by atoms with Gasteiger partial charge in [-0.1, -0.05) is 23.4 Å². The molecule has 0 heterocycles. The second-order valence-electron chi connectivity index (χ2n) is 15.3. The Balaban J connectivity index is 3.66. The summed E-state index contributed by atoms with van der Waals surface area (Å²) in [6.07, 6.45) is -0.456. The molecule has 4 atom stereocenters. The second-order valence-corrected chi connectivity index (χ2v) is 37.6. The number of carbonyl (C=O) groups is 1. The van der Waals surface area contributed by atoms with Crippen LogP contribution in [-0.2, 0) is 27.0 Å². The first kappa shape index (κ1) is 38.3. The highest BCUT2D eigenvalue weighted by Crippen LogP contribution is 2.28. The van der Waals surface area contributed by atoms with Crippen molar-refractivity contribution >= 4 is 53.8 Å². The maximum Gasteiger partial charge on any atom is 0.365 e. The molecule has 8 nitrogen and oxygen atoms in total. The molecule has 0 bridgehead atoms. The SMILES string of the molecule is C[Si](C)(C)OC[C@H](O[Si](C)(C)C)[C@@H](O[Si](C)(C)C)[C@@H](O[Si](C)(C)C)[C@@H](/C=N/OC(=O)c1ccccc1)O[Si](C)(C)C. The minimum absolute atomic E-state index is 0.366. The molecule has 236 valence electrons. The van der Waals surface area contributed by atoms with Crippen LogP contribution in [0.25, 0.3) is 0 Å². The second kappa shape index (κ2) is 15.3. The molecule has 1 aromatic carbocycles. The number of hydrogen-bond acceptors (Lipinski definition) is 8. The van der Waals surface area contributed by atoms with Crippen molar-refractivity contribution in [1.29, 1.82) is 0 Å². The molecule has 0 aliphatic carbocycles. The van der Waals surface area contributed by atoms with Crippen LogP contribution in [0, 0.1) is 0 Å². The van der Waals surface area contributed by atoms with Gasteiger partial charge in [-0.3, -0.25) is 0 Å². The van der Waals surface area contributed by atoms with E-state index in [-0.39, 0.29) is 6.10 Å². The van der Waals surface area contributed by atoms with Crippen molar-refractivity contribution in [3.8, 4) is 0 Å². The van der Waals surface area contributed by atoms with E-state index < -0.39 is 65.9 Å². The van der Waals surface area contributed by atoms with Crippen LogP contribution in [0.2, 0.25) is 98.2 Å². The number of hydrogen-bond donors (Lipinski definition) is 0. The molecule has 0 radical (unpaired) electrons. The van der Waals surface area contributed by atoms with Crippen LogP contribution in [0.4, 0.5) is 0 Å². The predicted molar refractivity (Wildman–Crippen MR) is 183 cm³/mol. The van der Waals surface area contributed by atoms with E-state index in [1.54, 1.807) is 30.5 Å². The molecule has 0 aliphatic rings. The molecule has 1 aromatic rings. The lowest BCUT2D eigenvalue weighted by atomic mass is 10.0. The topological polar surface area (TPSA) is 84.8 Å². The molecule has 0 aromatic heterocycles. The van der Waals surface area contributed by atoms with Gasteiger partial charge in [-0.25, -0.2) is 4.79 Å². The van der Waals surface area contributed by atoms with Crippen LogP contribution in [0.1, 0.15) is 10.4 Å². The zero-order chi connectivity index (χ0) is 31.9. The van der Waals surface area contributed by atoms with E-state index in [0.29, 0.717) is 12.2 Å². The van der Waals surface area contributed by atoms with Crippen LogP contribution in [0.15, 0.2) is 35.5 Å². The van der Waals surface area contributed by atoms with Gasteiger partial charge in [-0.2, -0.15) is 0 Å². The lowest BCUT2D eigenvalue weighted by Crippen LogP contribution is -2.60. The summed E-state index contributed by atoms with van der Waals surface area (Å²) in [7, 11) is -10.3. The number of benzene rings is 1. The average molecular weight is 660 g/mol. The molecular formula is C28H57NO7Si5. The molecule has 0 saturated carbocycles. The Labute approximate surface area is 255 Å². The van der Waals surface area contributed by atoms with E-state index in [9.17, 15) is 4.79 Å². The van der Waals surface area contributed by atoms with E-state index in [1.807, 2.05) is 6.07 Å². The van der Waals surface area contributed by atoms with Crippen molar-refractivity contribution in [3.63, 3.8) is 0 Å². The maximum atomic E-state index is 12.6. The first-order valence-electron chi connectivity index (χ1n) is 14.5. The maximum absolute atomic E-state index is 12.6. The smallest absolute Gasteiger partial charge is 0.365 e. The monoisotopic (exact) mass is 659 g/mol. The lowest BCUT2D eigenvalue weighted by Gasteiger charge is -2.45. The molecule has 0 spiro atoms. The summed E-state index contributed by atoms with van der Waals surface area (Å²) < 4.78 is 33.8. The van der Waals surface area contributed by atoms with E-state index in [1.165, 1.54) is 0 Å². The summed E-state index contributed by atoms with van der Waals surface area (Å²) >= 11 is 0. The van der Waals surface area contributed by atoms with Gasteiger partial charge in [0.05, 0.1) is 30.6 Å². The molecule has 0 fully saturated rings. The van der Waals surface area contributed by atoms with Crippen LogP contribution in [-0.4, -0.2) is 84.8 Å².